The van der Waals surface area contributed by atoms with E-state index in [1.165, 1.54) is 29.2 Å². The standard InChI is InChI=1S/C12H15FN2O2/c13-9-3-5-10(6-4-9)15(12(16)17)11-2-1-7-14-8-11/h3-6,11,14H,1-2,7-8H2,(H,16,17)/t11-/m1/s1. The Bertz CT molecular complexity index is 388. The zero-order chi connectivity index (χ0) is 12.3. The van der Waals surface area contributed by atoms with Crippen molar-refractivity contribution in [1.82, 2.24) is 5.32 Å². The molecule has 0 bridgehead atoms. The Balaban J connectivity index is 2.21. The Kier molecular flexibility index (Phi) is 3.58. The maximum atomic E-state index is 12.8. The van der Waals surface area contributed by atoms with E-state index < -0.39 is 6.09 Å². The summed E-state index contributed by atoms with van der Waals surface area (Å²) in [5, 5.41) is 12.4. The van der Waals surface area contributed by atoms with Gasteiger partial charge in [0.2, 0.25) is 0 Å². The molecule has 4 nitrogen and oxygen atoms in total. The molecule has 1 aromatic rings. The number of amides is 1. The lowest BCUT2D eigenvalue weighted by atomic mass is 10.1. The van der Waals surface area contributed by atoms with Gasteiger partial charge >= 0.3 is 6.09 Å². The number of benzene rings is 1. The molecule has 0 unspecified atom stereocenters. The van der Waals surface area contributed by atoms with Crippen LogP contribution in [0.3, 0.4) is 0 Å². The largest absolute Gasteiger partial charge is 0.465 e. The number of hydrogen-bond acceptors (Lipinski definition) is 2. The molecule has 2 N–H and O–H groups in total. The molecular formula is C12H15FN2O2. The summed E-state index contributed by atoms with van der Waals surface area (Å²) in [6, 6.07) is 5.48. The minimum atomic E-state index is -0.995. The fourth-order valence-electron chi connectivity index (χ4n) is 2.13. The minimum Gasteiger partial charge on any atom is -0.465 e. The highest BCUT2D eigenvalue weighted by atomic mass is 19.1. The van der Waals surface area contributed by atoms with E-state index in [-0.39, 0.29) is 11.9 Å². The summed E-state index contributed by atoms with van der Waals surface area (Å²) in [6.45, 7) is 1.57. The predicted octanol–water partition coefficient (Wildman–Crippen LogP) is 2.06. The lowest BCUT2D eigenvalue weighted by Crippen LogP contribution is -2.48. The number of rotatable bonds is 2. The van der Waals surface area contributed by atoms with Crippen LogP contribution in [0.4, 0.5) is 14.9 Å². The first-order chi connectivity index (χ1) is 8.18. The van der Waals surface area contributed by atoms with Gasteiger partial charge in [-0.25, -0.2) is 9.18 Å². The van der Waals surface area contributed by atoms with Gasteiger partial charge in [0.25, 0.3) is 0 Å². The monoisotopic (exact) mass is 238 g/mol. The molecule has 1 saturated heterocycles. The van der Waals surface area contributed by atoms with Crippen molar-refractivity contribution in [3.05, 3.63) is 30.1 Å². The van der Waals surface area contributed by atoms with Crippen molar-refractivity contribution in [2.75, 3.05) is 18.0 Å². The Morgan fingerprint density at radius 2 is 2.12 bits per heavy atom. The summed E-state index contributed by atoms with van der Waals surface area (Å²) in [4.78, 5) is 12.6. The number of carbonyl (C=O) groups is 1. The molecule has 2 rings (SSSR count). The fraction of sp³-hybridized carbons (Fsp3) is 0.417. The lowest BCUT2D eigenvalue weighted by Gasteiger charge is -2.32. The van der Waals surface area contributed by atoms with E-state index in [0.717, 1.165) is 19.4 Å². The first-order valence-corrected chi connectivity index (χ1v) is 5.67. The molecule has 0 aliphatic carbocycles. The summed E-state index contributed by atoms with van der Waals surface area (Å²) in [7, 11) is 0. The second-order valence-electron chi connectivity index (χ2n) is 4.13. The highest BCUT2D eigenvalue weighted by Gasteiger charge is 2.26. The van der Waals surface area contributed by atoms with E-state index >= 15 is 0 Å². The van der Waals surface area contributed by atoms with Crippen molar-refractivity contribution < 1.29 is 14.3 Å². The van der Waals surface area contributed by atoms with E-state index in [9.17, 15) is 14.3 Å². The second-order valence-corrected chi connectivity index (χ2v) is 4.13. The molecule has 1 heterocycles. The third-order valence-corrected chi connectivity index (χ3v) is 2.95. The summed E-state index contributed by atoms with van der Waals surface area (Å²) in [6.07, 6.45) is 0.789. The molecule has 1 amide bonds. The summed E-state index contributed by atoms with van der Waals surface area (Å²) >= 11 is 0. The van der Waals surface area contributed by atoms with Crippen LogP contribution in [0.15, 0.2) is 24.3 Å². The first kappa shape index (κ1) is 11.9. The molecule has 1 fully saturated rings. The third kappa shape index (κ3) is 2.74. The lowest BCUT2D eigenvalue weighted by molar-refractivity contribution is 0.197. The van der Waals surface area contributed by atoms with E-state index in [1.54, 1.807) is 0 Å². The number of nitrogens with zero attached hydrogens (tertiary/aromatic N) is 1. The van der Waals surface area contributed by atoms with E-state index in [2.05, 4.69) is 5.32 Å². The summed E-state index contributed by atoms with van der Waals surface area (Å²) < 4.78 is 12.8. The number of halogens is 1. The fourth-order valence-corrected chi connectivity index (χ4v) is 2.13. The molecule has 0 radical (unpaired) electrons. The highest BCUT2D eigenvalue weighted by molar-refractivity contribution is 5.86. The van der Waals surface area contributed by atoms with Crippen molar-refractivity contribution in [3.8, 4) is 0 Å². The second kappa shape index (κ2) is 5.14. The Labute approximate surface area is 99.0 Å². The van der Waals surface area contributed by atoms with Crippen LogP contribution in [-0.2, 0) is 0 Å². The van der Waals surface area contributed by atoms with Gasteiger partial charge in [-0.15, -0.1) is 0 Å². The van der Waals surface area contributed by atoms with Gasteiger partial charge in [0.15, 0.2) is 0 Å². The summed E-state index contributed by atoms with van der Waals surface area (Å²) in [5.74, 6) is -0.360. The van der Waals surface area contributed by atoms with E-state index in [0.29, 0.717) is 12.2 Å². The zero-order valence-corrected chi connectivity index (χ0v) is 9.40. The molecule has 1 aliphatic heterocycles. The van der Waals surface area contributed by atoms with Gasteiger partial charge in [-0.3, -0.25) is 4.90 Å². The summed E-state index contributed by atoms with van der Waals surface area (Å²) in [5.41, 5.74) is 0.521. The molecule has 92 valence electrons. The van der Waals surface area contributed by atoms with E-state index in [1.807, 2.05) is 0 Å². The average molecular weight is 238 g/mol. The Morgan fingerprint density at radius 3 is 2.65 bits per heavy atom. The molecule has 0 spiro atoms. The maximum Gasteiger partial charge on any atom is 0.412 e. The number of nitrogens with one attached hydrogen (secondary N) is 1. The van der Waals surface area contributed by atoms with Gasteiger partial charge < -0.3 is 10.4 Å². The van der Waals surface area contributed by atoms with Gasteiger partial charge in [-0.05, 0) is 43.7 Å². The third-order valence-electron chi connectivity index (χ3n) is 2.95. The van der Waals surface area contributed by atoms with Crippen molar-refractivity contribution in [2.24, 2.45) is 0 Å². The van der Waals surface area contributed by atoms with Crippen LogP contribution in [0.1, 0.15) is 12.8 Å². The number of carboxylic acid groups (broad SMARTS) is 1. The van der Waals surface area contributed by atoms with Crippen LogP contribution in [-0.4, -0.2) is 30.3 Å². The molecule has 5 heteroatoms. The average Bonchev–Trinajstić information content (AvgIpc) is 2.33. The van der Waals surface area contributed by atoms with Gasteiger partial charge in [0.05, 0.1) is 6.04 Å². The van der Waals surface area contributed by atoms with Crippen molar-refractivity contribution in [3.63, 3.8) is 0 Å². The Hall–Kier alpha value is -1.62. The van der Waals surface area contributed by atoms with Gasteiger partial charge in [-0.1, -0.05) is 0 Å². The SMILES string of the molecule is O=C(O)N(c1ccc(F)cc1)[C@@H]1CCCNC1. The molecular weight excluding hydrogens is 223 g/mol. The van der Waals surface area contributed by atoms with Crippen LogP contribution in [0, 0.1) is 5.82 Å². The van der Waals surface area contributed by atoms with Crippen LogP contribution >= 0.6 is 0 Å². The molecule has 0 saturated carbocycles. The van der Waals surface area contributed by atoms with Crippen molar-refractivity contribution >= 4 is 11.8 Å². The first-order valence-electron chi connectivity index (χ1n) is 5.67. The van der Waals surface area contributed by atoms with Crippen LogP contribution in [0.25, 0.3) is 0 Å². The highest BCUT2D eigenvalue weighted by Crippen LogP contribution is 2.21. The number of hydrogen-bond donors (Lipinski definition) is 2. The normalized spacial score (nSPS) is 19.9. The van der Waals surface area contributed by atoms with Crippen LogP contribution < -0.4 is 10.2 Å². The molecule has 1 atom stereocenters. The quantitative estimate of drug-likeness (QED) is 0.829. The maximum absolute atomic E-state index is 12.8. The van der Waals surface area contributed by atoms with Gasteiger partial charge in [0.1, 0.15) is 5.82 Å². The van der Waals surface area contributed by atoms with Gasteiger partial charge in [0, 0.05) is 12.2 Å². The predicted molar refractivity (Wildman–Crippen MR) is 62.8 cm³/mol. The molecule has 1 aromatic carbocycles. The van der Waals surface area contributed by atoms with Crippen molar-refractivity contribution in [1.29, 1.82) is 0 Å². The molecule has 17 heavy (non-hydrogen) atoms. The smallest absolute Gasteiger partial charge is 0.412 e. The number of piperidine rings is 1. The van der Waals surface area contributed by atoms with Crippen LogP contribution in [0.5, 0.6) is 0 Å². The number of anilines is 1. The van der Waals surface area contributed by atoms with Gasteiger partial charge in [-0.2, -0.15) is 0 Å². The minimum absolute atomic E-state index is 0.0771. The van der Waals surface area contributed by atoms with Crippen LogP contribution in [0.2, 0.25) is 0 Å². The zero-order valence-electron chi connectivity index (χ0n) is 9.40. The molecule has 1 aliphatic rings. The van der Waals surface area contributed by atoms with Crippen molar-refractivity contribution in [2.45, 2.75) is 18.9 Å². The topological polar surface area (TPSA) is 52.6 Å². The van der Waals surface area contributed by atoms with E-state index in [4.69, 9.17) is 0 Å². The molecule has 0 aromatic heterocycles. The Morgan fingerprint density at radius 1 is 1.41 bits per heavy atom.